The van der Waals surface area contributed by atoms with E-state index in [2.05, 4.69) is 27.9 Å². The van der Waals surface area contributed by atoms with Gasteiger partial charge in [0.2, 0.25) is 0 Å². The summed E-state index contributed by atoms with van der Waals surface area (Å²) in [6.45, 7) is 4.56. The van der Waals surface area contributed by atoms with Crippen molar-refractivity contribution in [2.75, 3.05) is 30.7 Å². The van der Waals surface area contributed by atoms with E-state index in [4.69, 9.17) is 0 Å². The normalized spacial score (nSPS) is 20.6. The minimum Gasteiger partial charge on any atom is -0.370 e. The lowest BCUT2D eigenvalue weighted by atomic mass is 10.1. The van der Waals surface area contributed by atoms with E-state index in [9.17, 15) is 4.79 Å². The van der Waals surface area contributed by atoms with E-state index >= 15 is 0 Å². The van der Waals surface area contributed by atoms with E-state index in [1.165, 1.54) is 18.6 Å². The third-order valence-electron chi connectivity index (χ3n) is 3.78. The number of carbonyl (C=O) groups excluding carboxylic acids is 1. The number of thioether (sulfide) groups is 1. The molecule has 0 aromatic carbocycles. The van der Waals surface area contributed by atoms with E-state index in [0.29, 0.717) is 6.54 Å². The van der Waals surface area contributed by atoms with Crippen LogP contribution in [0, 0.1) is 0 Å². The maximum atomic E-state index is 11.7. The van der Waals surface area contributed by atoms with Gasteiger partial charge in [0, 0.05) is 30.6 Å². The fraction of sp³-hybridized carbons (Fsp3) is 0.625. The molecule has 122 valence electrons. The zero-order chi connectivity index (χ0) is 15.7. The SMILES string of the molecule is C[C@]1(CNC(=O)NCCCCNc2ccccn2)CCCS1. The van der Waals surface area contributed by atoms with Gasteiger partial charge in [-0.1, -0.05) is 6.07 Å². The average molecular weight is 322 g/mol. The first kappa shape index (κ1) is 16.9. The molecule has 1 atom stereocenters. The molecule has 3 N–H and O–H groups in total. The van der Waals surface area contributed by atoms with Gasteiger partial charge in [-0.05, 0) is 50.5 Å². The summed E-state index contributed by atoms with van der Waals surface area (Å²) in [6, 6.07) is 5.77. The molecule has 0 radical (unpaired) electrons. The second-order valence-electron chi connectivity index (χ2n) is 5.86. The third-order valence-corrected chi connectivity index (χ3v) is 5.32. The molecule has 1 aliphatic heterocycles. The second kappa shape index (κ2) is 8.88. The standard InChI is InChI=1S/C16H26N4OS/c1-16(8-6-12-22-16)13-20-15(21)19-11-5-4-10-18-14-7-2-3-9-17-14/h2-3,7,9H,4-6,8,10-13H2,1H3,(H,17,18)(H2,19,20,21)/t16-/m1/s1. The molecule has 0 unspecified atom stereocenters. The van der Waals surface area contributed by atoms with Gasteiger partial charge < -0.3 is 16.0 Å². The van der Waals surface area contributed by atoms with Crippen molar-refractivity contribution >= 4 is 23.6 Å². The molecule has 1 aliphatic rings. The summed E-state index contributed by atoms with van der Waals surface area (Å²) in [6.07, 6.45) is 6.19. The molecule has 1 aromatic rings. The molecule has 1 fully saturated rings. The molecule has 5 nitrogen and oxygen atoms in total. The Kier molecular flexibility index (Phi) is 6.83. The number of rotatable bonds is 8. The summed E-state index contributed by atoms with van der Waals surface area (Å²) in [5.41, 5.74) is 0. The van der Waals surface area contributed by atoms with Crippen molar-refractivity contribution in [2.24, 2.45) is 0 Å². The molecule has 0 aliphatic carbocycles. The van der Waals surface area contributed by atoms with Crippen LogP contribution in [0.15, 0.2) is 24.4 Å². The maximum absolute atomic E-state index is 11.7. The van der Waals surface area contributed by atoms with Gasteiger partial charge in [-0.2, -0.15) is 11.8 Å². The van der Waals surface area contributed by atoms with Crippen LogP contribution in [-0.2, 0) is 0 Å². The quantitative estimate of drug-likeness (QED) is 0.644. The number of hydrogen-bond donors (Lipinski definition) is 3. The molecule has 1 aromatic heterocycles. The first-order valence-corrected chi connectivity index (χ1v) is 8.97. The van der Waals surface area contributed by atoms with Gasteiger partial charge in [0.25, 0.3) is 0 Å². The van der Waals surface area contributed by atoms with Crippen LogP contribution in [0.5, 0.6) is 0 Å². The number of urea groups is 1. The predicted octanol–water partition coefficient (Wildman–Crippen LogP) is 2.86. The van der Waals surface area contributed by atoms with Gasteiger partial charge in [0.15, 0.2) is 0 Å². The molecule has 0 saturated carbocycles. The number of nitrogens with zero attached hydrogens (tertiary/aromatic N) is 1. The van der Waals surface area contributed by atoms with Crippen LogP contribution in [0.4, 0.5) is 10.6 Å². The van der Waals surface area contributed by atoms with Crippen LogP contribution in [-0.4, -0.2) is 41.1 Å². The Balaban J connectivity index is 1.47. The number of hydrogen-bond acceptors (Lipinski definition) is 4. The maximum Gasteiger partial charge on any atom is 0.314 e. The highest BCUT2D eigenvalue weighted by Gasteiger charge is 2.29. The predicted molar refractivity (Wildman–Crippen MR) is 93.5 cm³/mol. The summed E-state index contributed by atoms with van der Waals surface area (Å²) < 4.78 is 0.226. The van der Waals surface area contributed by atoms with Gasteiger partial charge in [0.05, 0.1) is 0 Å². The Morgan fingerprint density at radius 3 is 2.91 bits per heavy atom. The number of nitrogens with one attached hydrogen (secondary N) is 3. The van der Waals surface area contributed by atoms with Gasteiger partial charge in [-0.3, -0.25) is 0 Å². The van der Waals surface area contributed by atoms with Crippen LogP contribution < -0.4 is 16.0 Å². The Hall–Kier alpha value is -1.43. The van der Waals surface area contributed by atoms with Crippen molar-refractivity contribution in [2.45, 2.75) is 37.4 Å². The molecular formula is C16H26N4OS. The van der Waals surface area contributed by atoms with Crippen molar-refractivity contribution < 1.29 is 4.79 Å². The van der Waals surface area contributed by atoms with E-state index in [-0.39, 0.29) is 10.8 Å². The Labute approximate surface area is 137 Å². The van der Waals surface area contributed by atoms with Crippen molar-refractivity contribution in [1.82, 2.24) is 15.6 Å². The lowest BCUT2D eigenvalue weighted by Crippen LogP contribution is -2.42. The van der Waals surface area contributed by atoms with Gasteiger partial charge in [0.1, 0.15) is 5.82 Å². The Morgan fingerprint density at radius 1 is 1.32 bits per heavy atom. The highest BCUT2D eigenvalue weighted by Crippen LogP contribution is 2.36. The number of pyridine rings is 1. The van der Waals surface area contributed by atoms with Crippen molar-refractivity contribution in [3.05, 3.63) is 24.4 Å². The molecule has 2 amide bonds. The zero-order valence-electron chi connectivity index (χ0n) is 13.2. The molecule has 0 spiro atoms. The summed E-state index contributed by atoms with van der Waals surface area (Å²) in [5.74, 6) is 2.11. The number of carbonyl (C=O) groups is 1. The van der Waals surface area contributed by atoms with Gasteiger partial charge >= 0.3 is 6.03 Å². The minimum absolute atomic E-state index is 0.0496. The smallest absolute Gasteiger partial charge is 0.314 e. The highest BCUT2D eigenvalue weighted by atomic mass is 32.2. The Bertz CT molecular complexity index is 449. The number of aromatic nitrogens is 1. The second-order valence-corrected chi connectivity index (χ2v) is 7.54. The van der Waals surface area contributed by atoms with E-state index in [1.807, 2.05) is 30.0 Å². The lowest BCUT2D eigenvalue weighted by Gasteiger charge is -2.22. The van der Waals surface area contributed by atoms with Crippen LogP contribution >= 0.6 is 11.8 Å². The third kappa shape index (κ3) is 6.13. The first-order valence-electron chi connectivity index (χ1n) is 7.99. The Morgan fingerprint density at radius 2 is 2.18 bits per heavy atom. The lowest BCUT2D eigenvalue weighted by molar-refractivity contribution is 0.239. The molecule has 22 heavy (non-hydrogen) atoms. The van der Waals surface area contributed by atoms with E-state index in [1.54, 1.807) is 6.20 Å². The topological polar surface area (TPSA) is 66.1 Å². The molecule has 6 heteroatoms. The largest absolute Gasteiger partial charge is 0.370 e. The minimum atomic E-state index is -0.0496. The monoisotopic (exact) mass is 322 g/mol. The molecule has 2 rings (SSSR count). The summed E-state index contributed by atoms with van der Waals surface area (Å²) in [4.78, 5) is 15.9. The van der Waals surface area contributed by atoms with Crippen molar-refractivity contribution in [3.63, 3.8) is 0 Å². The average Bonchev–Trinajstić information content (AvgIpc) is 2.97. The number of anilines is 1. The van der Waals surface area contributed by atoms with Crippen LogP contribution in [0.25, 0.3) is 0 Å². The van der Waals surface area contributed by atoms with Crippen LogP contribution in [0.2, 0.25) is 0 Å². The van der Waals surface area contributed by atoms with E-state index < -0.39 is 0 Å². The highest BCUT2D eigenvalue weighted by molar-refractivity contribution is 8.00. The summed E-state index contributed by atoms with van der Waals surface area (Å²) in [5, 5.41) is 9.16. The zero-order valence-corrected chi connectivity index (χ0v) is 14.0. The molecular weight excluding hydrogens is 296 g/mol. The van der Waals surface area contributed by atoms with Crippen molar-refractivity contribution in [1.29, 1.82) is 0 Å². The van der Waals surface area contributed by atoms with Crippen molar-refractivity contribution in [3.8, 4) is 0 Å². The molecule has 2 heterocycles. The van der Waals surface area contributed by atoms with E-state index in [0.717, 1.165) is 31.7 Å². The fourth-order valence-electron chi connectivity index (χ4n) is 2.44. The summed E-state index contributed by atoms with van der Waals surface area (Å²) >= 11 is 1.96. The molecule has 0 bridgehead atoms. The van der Waals surface area contributed by atoms with Gasteiger partial charge in [-0.25, -0.2) is 9.78 Å². The fourth-order valence-corrected chi connectivity index (χ4v) is 3.69. The van der Waals surface area contributed by atoms with Crippen LogP contribution in [0.3, 0.4) is 0 Å². The van der Waals surface area contributed by atoms with Gasteiger partial charge in [-0.15, -0.1) is 0 Å². The number of unbranched alkanes of at least 4 members (excludes halogenated alkanes) is 1. The van der Waals surface area contributed by atoms with Crippen LogP contribution in [0.1, 0.15) is 32.6 Å². The summed E-state index contributed by atoms with van der Waals surface area (Å²) in [7, 11) is 0. The molecule has 1 saturated heterocycles. The first-order chi connectivity index (χ1) is 10.7. The number of amides is 2.